The van der Waals surface area contributed by atoms with Crippen molar-refractivity contribution in [1.82, 2.24) is 29.4 Å². The summed E-state index contributed by atoms with van der Waals surface area (Å²) in [6, 6.07) is 4.00. The van der Waals surface area contributed by atoms with Crippen molar-refractivity contribution >= 4 is 17.4 Å². The number of hydrogen-bond donors (Lipinski definition) is 1. The molecule has 0 aromatic carbocycles. The maximum Gasteiger partial charge on any atom is 0.435 e. The van der Waals surface area contributed by atoms with E-state index in [0.29, 0.717) is 16.7 Å². The third-order valence-electron chi connectivity index (χ3n) is 4.60. The highest BCUT2D eigenvalue weighted by Gasteiger charge is 2.35. The lowest BCUT2D eigenvalue weighted by Crippen LogP contribution is -2.28. The summed E-state index contributed by atoms with van der Waals surface area (Å²) in [5, 5.41) is 6.56. The van der Waals surface area contributed by atoms with E-state index in [9.17, 15) is 18.0 Å². The minimum atomic E-state index is -4.61. The predicted molar refractivity (Wildman–Crippen MR) is 99.2 cm³/mol. The SMILES string of the molecule is CC(NC(=O)c1cc(C(F)(F)F)nn1C)c1nc(-c2ccnc(C3CC3)c2)ns1. The van der Waals surface area contributed by atoms with Gasteiger partial charge in [-0.25, -0.2) is 4.98 Å². The van der Waals surface area contributed by atoms with Crippen LogP contribution in [0.1, 0.15) is 58.6 Å². The van der Waals surface area contributed by atoms with Gasteiger partial charge in [0.2, 0.25) is 0 Å². The molecule has 1 aliphatic rings. The zero-order valence-electron chi connectivity index (χ0n) is 15.6. The standard InChI is InChI=1S/C18H17F3N6OS/c1-9(23-16(28)13-8-14(18(19,20)21)25-27(13)2)17-24-15(26-29-17)11-5-6-22-12(7-11)10-3-4-10/h5-10H,3-4H2,1-2H3,(H,23,28). The Balaban J connectivity index is 1.48. The lowest BCUT2D eigenvalue weighted by atomic mass is 10.2. The molecule has 0 spiro atoms. The summed E-state index contributed by atoms with van der Waals surface area (Å²) in [7, 11) is 1.29. The molecule has 1 atom stereocenters. The third-order valence-corrected chi connectivity index (χ3v) is 5.49. The van der Waals surface area contributed by atoms with Gasteiger partial charge >= 0.3 is 6.18 Å². The highest BCUT2D eigenvalue weighted by Crippen LogP contribution is 2.39. The number of aryl methyl sites for hydroxylation is 1. The van der Waals surface area contributed by atoms with Crippen molar-refractivity contribution in [2.75, 3.05) is 0 Å². The van der Waals surface area contributed by atoms with Crippen LogP contribution in [-0.4, -0.2) is 30.0 Å². The Morgan fingerprint density at radius 3 is 2.76 bits per heavy atom. The van der Waals surface area contributed by atoms with E-state index in [1.165, 1.54) is 7.05 Å². The van der Waals surface area contributed by atoms with Crippen LogP contribution >= 0.6 is 11.5 Å². The zero-order valence-corrected chi connectivity index (χ0v) is 16.4. The molecule has 152 valence electrons. The molecule has 0 bridgehead atoms. The Kier molecular flexibility index (Phi) is 4.85. The fourth-order valence-electron chi connectivity index (χ4n) is 2.87. The largest absolute Gasteiger partial charge is 0.435 e. The van der Waals surface area contributed by atoms with Gasteiger partial charge in [0.1, 0.15) is 10.7 Å². The summed E-state index contributed by atoms with van der Waals surface area (Å²) in [4.78, 5) is 21.3. The van der Waals surface area contributed by atoms with Crippen molar-refractivity contribution in [3.05, 3.63) is 46.5 Å². The van der Waals surface area contributed by atoms with Crippen molar-refractivity contribution < 1.29 is 18.0 Å². The Morgan fingerprint density at radius 1 is 1.34 bits per heavy atom. The van der Waals surface area contributed by atoms with Gasteiger partial charge in [0, 0.05) is 36.5 Å². The number of nitrogens with one attached hydrogen (secondary N) is 1. The average Bonchev–Trinajstić information content (AvgIpc) is 3.25. The first kappa shape index (κ1) is 19.5. The number of aromatic nitrogens is 5. The predicted octanol–water partition coefficient (Wildman–Crippen LogP) is 3.72. The highest BCUT2D eigenvalue weighted by molar-refractivity contribution is 7.05. The van der Waals surface area contributed by atoms with E-state index in [-0.39, 0.29) is 5.69 Å². The average molecular weight is 422 g/mol. The number of alkyl halides is 3. The second-order valence-corrected chi connectivity index (χ2v) is 7.71. The van der Waals surface area contributed by atoms with Gasteiger partial charge in [-0.05, 0) is 43.4 Å². The number of carbonyl (C=O) groups excluding carboxylic acids is 1. The van der Waals surface area contributed by atoms with Crippen molar-refractivity contribution in [2.24, 2.45) is 7.05 Å². The number of nitrogens with zero attached hydrogens (tertiary/aromatic N) is 5. The van der Waals surface area contributed by atoms with Gasteiger partial charge in [0.25, 0.3) is 5.91 Å². The maximum absolute atomic E-state index is 12.8. The quantitative estimate of drug-likeness (QED) is 0.677. The molecule has 3 heterocycles. The van der Waals surface area contributed by atoms with Gasteiger partial charge in [-0.3, -0.25) is 14.5 Å². The van der Waals surface area contributed by atoms with Crippen molar-refractivity contribution in [2.45, 2.75) is 37.9 Å². The van der Waals surface area contributed by atoms with E-state index in [1.54, 1.807) is 13.1 Å². The third kappa shape index (κ3) is 4.14. The van der Waals surface area contributed by atoms with E-state index in [2.05, 4.69) is 24.8 Å². The van der Waals surface area contributed by atoms with Crippen LogP contribution < -0.4 is 5.32 Å². The molecule has 1 N–H and O–H groups in total. The number of rotatable bonds is 5. The first-order valence-corrected chi connectivity index (χ1v) is 9.71. The van der Waals surface area contributed by atoms with E-state index in [4.69, 9.17) is 0 Å². The van der Waals surface area contributed by atoms with E-state index in [0.717, 1.165) is 46.4 Å². The summed E-state index contributed by atoms with van der Waals surface area (Å²) < 4.78 is 43.6. The smallest absolute Gasteiger partial charge is 0.342 e. The molecule has 0 aliphatic heterocycles. The summed E-state index contributed by atoms with van der Waals surface area (Å²) in [5.74, 6) is 0.377. The molecule has 1 unspecified atom stereocenters. The Morgan fingerprint density at radius 2 is 2.10 bits per heavy atom. The van der Waals surface area contributed by atoms with Crippen molar-refractivity contribution in [3.63, 3.8) is 0 Å². The first-order valence-electron chi connectivity index (χ1n) is 8.94. The van der Waals surface area contributed by atoms with Gasteiger partial charge in [0.15, 0.2) is 11.5 Å². The molecule has 0 saturated heterocycles. The Hall–Kier alpha value is -2.82. The number of hydrogen-bond acceptors (Lipinski definition) is 6. The summed E-state index contributed by atoms with van der Waals surface area (Å²) in [6.07, 6.45) is -0.603. The second-order valence-electron chi connectivity index (χ2n) is 6.93. The van der Waals surface area contributed by atoms with Gasteiger partial charge in [-0.2, -0.15) is 22.6 Å². The lowest BCUT2D eigenvalue weighted by molar-refractivity contribution is -0.141. The van der Waals surface area contributed by atoms with Crippen LogP contribution in [0.2, 0.25) is 0 Å². The molecule has 0 radical (unpaired) electrons. The number of pyridine rings is 1. The lowest BCUT2D eigenvalue weighted by Gasteiger charge is -2.10. The fourth-order valence-corrected chi connectivity index (χ4v) is 3.54. The van der Waals surface area contributed by atoms with Crippen LogP contribution in [0.5, 0.6) is 0 Å². The van der Waals surface area contributed by atoms with Crippen LogP contribution in [-0.2, 0) is 13.2 Å². The van der Waals surface area contributed by atoms with Crippen LogP contribution in [0.25, 0.3) is 11.4 Å². The minimum Gasteiger partial charge on any atom is -0.342 e. The second kappa shape index (κ2) is 7.21. The molecule has 3 aromatic rings. The monoisotopic (exact) mass is 422 g/mol. The molecule has 29 heavy (non-hydrogen) atoms. The van der Waals surface area contributed by atoms with E-state index < -0.39 is 23.8 Å². The number of carbonyl (C=O) groups is 1. The molecule has 1 fully saturated rings. The van der Waals surface area contributed by atoms with E-state index >= 15 is 0 Å². The summed E-state index contributed by atoms with van der Waals surface area (Å²) in [5.41, 5.74) is 0.582. The highest BCUT2D eigenvalue weighted by atomic mass is 32.1. The Bertz CT molecular complexity index is 1060. The molecule has 3 aromatic heterocycles. The molecule has 4 rings (SSSR count). The van der Waals surface area contributed by atoms with E-state index in [1.807, 2.05) is 12.1 Å². The van der Waals surface area contributed by atoms with Crippen LogP contribution in [0, 0.1) is 0 Å². The van der Waals surface area contributed by atoms with Crippen LogP contribution in [0.4, 0.5) is 13.2 Å². The van der Waals surface area contributed by atoms with Gasteiger partial charge in [-0.1, -0.05) is 0 Å². The first-order chi connectivity index (χ1) is 13.7. The molecule has 1 amide bonds. The molecule has 11 heteroatoms. The minimum absolute atomic E-state index is 0.183. The van der Waals surface area contributed by atoms with Crippen LogP contribution in [0.15, 0.2) is 24.4 Å². The summed E-state index contributed by atoms with van der Waals surface area (Å²) in [6.45, 7) is 1.70. The summed E-state index contributed by atoms with van der Waals surface area (Å²) >= 11 is 1.13. The van der Waals surface area contributed by atoms with Crippen molar-refractivity contribution in [1.29, 1.82) is 0 Å². The normalized spacial score (nSPS) is 15.3. The molecule has 1 saturated carbocycles. The maximum atomic E-state index is 12.8. The van der Waals surface area contributed by atoms with Crippen molar-refractivity contribution in [3.8, 4) is 11.4 Å². The van der Waals surface area contributed by atoms with Gasteiger partial charge in [0.05, 0.1) is 6.04 Å². The van der Waals surface area contributed by atoms with Gasteiger partial charge in [-0.15, -0.1) is 0 Å². The fraction of sp³-hybridized carbons (Fsp3) is 0.389. The molecule has 1 aliphatic carbocycles. The zero-order chi connectivity index (χ0) is 20.8. The Labute approximate surface area is 168 Å². The topological polar surface area (TPSA) is 85.6 Å². The number of halogens is 3. The molecular weight excluding hydrogens is 405 g/mol. The van der Waals surface area contributed by atoms with Crippen LogP contribution in [0.3, 0.4) is 0 Å². The molecular formula is C18H17F3N6OS. The number of amides is 1. The van der Waals surface area contributed by atoms with Gasteiger partial charge < -0.3 is 5.32 Å². The molecule has 7 nitrogen and oxygen atoms in total.